The van der Waals surface area contributed by atoms with Crippen molar-refractivity contribution in [1.82, 2.24) is 9.97 Å². The first-order valence-electron chi connectivity index (χ1n) is 8.80. The maximum Gasteiger partial charge on any atom is 0.229 e. The largest absolute Gasteiger partial charge is 0.481 e. The maximum absolute atomic E-state index is 14.2. The number of anilines is 4. The standard InChI is InChI=1S/C21H19FN4O3S/c1-4-11-29-17-9-7-15(8-10-17)24-20-18(22)13-23-21(26-20)25-16-6-5-14(2)19(12-16)30(3,27)28/h1,5-10,12-13H,11H2,2-3H3,(H2,23,24,25,26). The van der Waals surface area contributed by atoms with E-state index in [-0.39, 0.29) is 23.3 Å². The number of benzene rings is 2. The molecule has 0 radical (unpaired) electrons. The van der Waals surface area contributed by atoms with E-state index in [1.165, 1.54) is 6.07 Å². The molecule has 9 heteroatoms. The number of ether oxygens (including phenoxy) is 1. The molecule has 30 heavy (non-hydrogen) atoms. The van der Waals surface area contributed by atoms with E-state index in [1.807, 2.05) is 0 Å². The van der Waals surface area contributed by atoms with E-state index in [0.29, 0.717) is 22.7 Å². The molecule has 154 valence electrons. The van der Waals surface area contributed by atoms with Crippen molar-refractivity contribution in [3.05, 3.63) is 60.0 Å². The van der Waals surface area contributed by atoms with Gasteiger partial charge < -0.3 is 15.4 Å². The molecule has 1 aromatic heterocycles. The van der Waals surface area contributed by atoms with Gasteiger partial charge in [0.15, 0.2) is 21.5 Å². The van der Waals surface area contributed by atoms with Gasteiger partial charge in [0.2, 0.25) is 5.95 Å². The molecular weight excluding hydrogens is 407 g/mol. The molecule has 0 amide bonds. The summed E-state index contributed by atoms with van der Waals surface area (Å²) in [6, 6.07) is 11.6. The third-order valence-corrected chi connectivity index (χ3v) is 5.27. The number of aryl methyl sites for hydroxylation is 1. The summed E-state index contributed by atoms with van der Waals surface area (Å²) in [6.07, 6.45) is 7.31. The van der Waals surface area contributed by atoms with Crippen LogP contribution in [0.15, 0.2) is 53.6 Å². The minimum Gasteiger partial charge on any atom is -0.481 e. The second kappa shape index (κ2) is 8.80. The molecule has 0 bridgehead atoms. The molecular formula is C21H19FN4O3S. The van der Waals surface area contributed by atoms with Gasteiger partial charge in [-0.2, -0.15) is 4.98 Å². The monoisotopic (exact) mass is 426 g/mol. The summed E-state index contributed by atoms with van der Waals surface area (Å²) in [5.41, 5.74) is 1.68. The van der Waals surface area contributed by atoms with Crippen LogP contribution < -0.4 is 15.4 Å². The minimum atomic E-state index is -3.39. The van der Waals surface area contributed by atoms with Gasteiger partial charge in [-0.1, -0.05) is 12.0 Å². The van der Waals surface area contributed by atoms with Gasteiger partial charge in [0.1, 0.15) is 12.4 Å². The van der Waals surface area contributed by atoms with Gasteiger partial charge >= 0.3 is 0 Å². The Hall–Kier alpha value is -3.64. The summed E-state index contributed by atoms with van der Waals surface area (Å²) in [4.78, 5) is 8.24. The number of aromatic nitrogens is 2. The Morgan fingerprint density at radius 2 is 1.83 bits per heavy atom. The average molecular weight is 426 g/mol. The van der Waals surface area contributed by atoms with Gasteiger partial charge in [-0.15, -0.1) is 6.42 Å². The molecule has 0 aliphatic heterocycles. The molecule has 3 aromatic rings. The lowest BCUT2D eigenvalue weighted by molar-refractivity contribution is 0.370. The number of sulfone groups is 1. The first-order valence-corrected chi connectivity index (χ1v) is 10.7. The molecule has 2 N–H and O–H groups in total. The van der Waals surface area contributed by atoms with Crippen molar-refractivity contribution in [1.29, 1.82) is 0 Å². The van der Waals surface area contributed by atoms with Gasteiger partial charge in [-0.25, -0.2) is 17.8 Å². The Kier molecular flexibility index (Phi) is 6.18. The highest BCUT2D eigenvalue weighted by molar-refractivity contribution is 7.90. The van der Waals surface area contributed by atoms with Crippen LogP contribution in [0.25, 0.3) is 0 Å². The van der Waals surface area contributed by atoms with Crippen LogP contribution >= 0.6 is 0 Å². The van der Waals surface area contributed by atoms with Crippen LogP contribution in [0.5, 0.6) is 5.75 Å². The maximum atomic E-state index is 14.2. The van der Waals surface area contributed by atoms with Gasteiger partial charge in [-0.05, 0) is 48.9 Å². The van der Waals surface area contributed by atoms with Crippen LogP contribution in [-0.2, 0) is 9.84 Å². The van der Waals surface area contributed by atoms with E-state index < -0.39 is 15.7 Å². The molecule has 0 atom stereocenters. The predicted octanol–water partition coefficient (Wildman–Crippen LogP) is 3.83. The number of halogens is 1. The van der Waals surface area contributed by atoms with Crippen LogP contribution in [-0.4, -0.2) is 31.2 Å². The average Bonchev–Trinajstić information content (AvgIpc) is 2.70. The molecule has 0 unspecified atom stereocenters. The highest BCUT2D eigenvalue weighted by Crippen LogP contribution is 2.24. The van der Waals surface area contributed by atoms with Gasteiger partial charge in [0.05, 0.1) is 11.1 Å². The molecule has 3 rings (SSSR count). The Labute approximate surface area is 174 Å². The van der Waals surface area contributed by atoms with Crippen molar-refractivity contribution < 1.29 is 17.5 Å². The Bertz CT molecular complexity index is 1210. The molecule has 7 nitrogen and oxygen atoms in total. The Morgan fingerprint density at radius 1 is 1.13 bits per heavy atom. The lowest BCUT2D eigenvalue weighted by Crippen LogP contribution is -2.05. The number of nitrogens with one attached hydrogen (secondary N) is 2. The third kappa shape index (κ3) is 5.24. The third-order valence-electron chi connectivity index (χ3n) is 4.03. The fourth-order valence-electron chi connectivity index (χ4n) is 2.62. The second-order valence-corrected chi connectivity index (χ2v) is 8.39. The molecule has 2 aromatic carbocycles. The highest BCUT2D eigenvalue weighted by atomic mass is 32.2. The van der Waals surface area contributed by atoms with Crippen molar-refractivity contribution >= 4 is 33.0 Å². The number of terminal acetylenes is 1. The highest BCUT2D eigenvalue weighted by Gasteiger charge is 2.13. The predicted molar refractivity (Wildman–Crippen MR) is 114 cm³/mol. The topological polar surface area (TPSA) is 93.2 Å². The molecule has 0 aliphatic carbocycles. The Balaban J connectivity index is 1.80. The van der Waals surface area contributed by atoms with E-state index in [2.05, 4.69) is 26.5 Å². The normalized spacial score (nSPS) is 10.9. The summed E-state index contributed by atoms with van der Waals surface area (Å²) in [7, 11) is -3.39. The molecule has 0 saturated carbocycles. The van der Waals surface area contributed by atoms with Crippen LogP contribution in [0.1, 0.15) is 5.56 Å². The van der Waals surface area contributed by atoms with Crippen molar-refractivity contribution in [2.45, 2.75) is 11.8 Å². The Morgan fingerprint density at radius 3 is 2.50 bits per heavy atom. The zero-order chi connectivity index (χ0) is 21.7. The lowest BCUT2D eigenvalue weighted by atomic mass is 10.2. The first kappa shape index (κ1) is 21.1. The van der Waals surface area contributed by atoms with Crippen LogP contribution in [0, 0.1) is 25.1 Å². The van der Waals surface area contributed by atoms with E-state index in [4.69, 9.17) is 11.2 Å². The van der Waals surface area contributed by atoms with Crippen molar-refractivity contribution in [2.24, 2.45) is 0 Å². The molecule has 0 fully saturated rings. The van der Waals surface area contributed by atoms with E-state index in [9.17, 15) is 12.8 Å². The minimum absolute atomic E-state index is 0.0414. The number of hydrogen-bond donors (Lipinski definition) is 2. The molecule has 1 heterocycles. The zero-order valence-electron chi connectivity index (χ0n) is 16.3. The second-order valence-electron chi connectivity index (χ2n) is 6.41. The summed E-state index contributed by atoms with van der Waals surface area (Å²) in [6.45, 7) is 1.86. The van der Waals surface area contributed by atoms with Crippen molar-refractivity contribution in [3.63, 3.8) is 0 Å². The molecule has 0 saturated heterocycles. The lowest BCUT2D eigenvalue weighted by Gasteiger charge is -2.11. The summed E-state index contributed by atoms with van der Waals surface area (Å²) in [5.74, 6) is 2.38. The summed E-state index contributed by atoms with van der Waals surface area (Å²) in [5, 5.41) is 5.77. The van der Waals surface area contributed by atoms with Crippen LogP contribution in [0.2, 0.25) is 0 Å². The van der Waals surface area contributed by atoms with Crippen LogP contribution in [0.3, 0.4) is 0 Å². The number of hydrogen-bond acceptors (Lipinski definition) is 7. The quantitative estimate of drug-likeness (QED) is 0.555. The molecule has 0 spiro atoms. The van der Waals surface area contributed by atoms with E-state index in [1.54, 1.807) is 43.3 Å². The number of nitrogens with zero attached hydrogens (tertiary/aromatic N) is 2. The SMILES string of the molecule is C#CCOc1ccc(Nc2nc(Nc3ccc(C)c(S(C)(=O)=O)c3)ncc2F)cc1. The van der Waals surface area contributed by atoms with Crippen LogP contribution in [0.4, 0.5) is 27.5 Å². The zero-order valence-corrected chi connectivity index (χ0v) is 17.1. The van der Waals surface area contributed by atoms with Gasteiger partial charge in [0.25, 0.3) is 0 Å². The van der Waals surface area contributed by atoms with E-state index >= 15 is 0 Å². The molecule has 0 aliphatic rings. The van der Waals surface area contributed by atoms with Crippen molar-refractivity contribution in [2.75, 3.05) is 23.5 Å². The fourth-order valence-corrected chi connectivity index (χ4v) is 3.61. The summed E-state index contributed by atoms with van der Waals surface area (Å²) < 4.78 is 43.3. The fraction of sp³-hybridized carbons (Fsp3) is 0.143. The van der Waals surface area contributed by atoms with E-state index in [0.717, 1.165) is 12.5 Å². The smallest absolute Gasteiger partial charge is 0.229 e. The van der Waals surface area contributed by atoms with Gasteiger partial charge in [0, 0.05) is 17.6 Å². The van der Waals surface area contributed by atoms with Gasteiger partial charge in [-0.3, -0.25) is 0 Å². The first-order chi connectivity index (χ1) is 14.3. The summed E-state index contributed by atoms with van der Waals surface area (Å²) >= 11 is 0. The number of rotatable bonds is 7. The van der Waals surface area contributed by atoms with Crippen molar-refractivity contribution in [3.8, 4) is 18.1 Å².